The summed E-state index contributed by atoms with van der Waals surface area (Å²) >= 11 is 0. The van der Waals surface area contributed by atoms with Crippen molar-refractivity contribution in [3.63, 3.8) is 0 Å². The van der Waals surface area contributed by atoms with Gasteiger partial charge < -0.3 is 14.8 Å². The molecule has 8 heteroatoms. The Bertz CT molecular complexity index is 1200. The highest BCUT2D eigenvalue weighted by atomic mass is 16.5. The van der Waals surface area contributed by atoms with Crippen LogP contribution in [0.25, 0.3) is 0 Å². The summed E-state index contributed by atoms with van der Waals surface area (Å²) in [7, 11) is 3.16. The number of carbonyl (C=O) groups excluding carboxylic acids is 2. The molecular weight excluding hydrogens is 444 g/mol. The molecule has 0 bridgehead atoms. The maximum atomic E-state index is 13.2. The monoisotopic (exact) mass is 472 g/mol. The molecule has 3 aromatic rings. The molecule has 0 saturated heterocycles. The number of nitrogens with one attached hydrogen (secondary N) is 1. The van der Waals surface area contributed by atoms with Crippen molar-refractivity contribution >= 4 is 17.5 Å². The molecule has 1 N–H and O–H groups in total. The van der Waals surface area contributed by atoms with Crippen molar-refractivity contribution in [1.82, 2.24) is 15.3 Å². The predicted octanol–water partition coefficient (Wildman–Crippen LogP) is 3.87. The summed E-state index contributed by atoms with van der Waals surface area (Å²) in [5.74, 6) is 0.828. The minimum Gasteiger partial charge on any atom is -0.497 e. The lowest BCUT2D eigenvalue weighted by Crippen LogP contribution is -2.29. The molecule has 0 saturated carbocycles. The lowest BCUT2D eigenvalue weighted by atomic mass is 9.98. The molecule has 1 aliphatic rings. The number of methoxy groups -OCH3 is 2. The van der Waals surface area contributed by atoms with Crippen LogP contribution < -0.4 is 14.8 Å². The Labute approximate surface area is 204 Å². The van der Waals surface area contributed by atoms with E-state index in [1.165, 1.54) is 5.01 Å². The van der Waals surface area contributed by atoms with Crippen molar-refractivity contribution in [3.8, 4) is 11.6 Å². The first-order valence-electron chi connectivity index (χ1n) is 11.4. The van der Waals surface area contributed by atoms with Crippen molar-refractivity contribution in [2.24, 2.45) is 5.10 Å². The molecule has 2 aromatic carbocycles. The number of carbonyl (C=O) groups is 2. The Morgan fingerprint density at radius 3 is 2.49 bits per heavy atom. The minimum absolute atomic E-state index is 0.0593. The van der Waals surface area contributed by atoms with E-state index in [-0.39, 0.29) is 30.7 Å². The predicted molar refractivity (Wildman–Crippen MR) is 132 cm³/mol. The van der Waals surface area contributed by atoms with Gasteiger partial charge in [-0.05, 0) is 34.9 Å². The van der Waals surface area contributed by atoms with Gasteiger partial charge in [0.2, 0.25) is 17.7 Å². The van der Waals surface area contributed by atoms with Crippen LogP contribution in [0.3, 0.4) is 0 Å². The van der Waals surface area contributed by atoms with Crippen LogP contribution in [0.1, 0.15) is 42.0 Å². The number of hydrogen-bond acceptors (Lipinski definition) is 6. The van der Waals surface area contributed by atoms with E-state index in [0.29, 0.717) is 18.8 Å². The Kier molecular flexibility index (Phi) is 7.72. The molecule has 2 heterocycles. The number of amides is 2. The van der Waals surface area contributed by atoms with Gasteiger partial charge in [0, 0.05) is 38.1 Å². The number of ether oxygens (including phenoxy) is 2. The first-order valence-corrected chi connectivity index (χ1v) is 11.4. The second kappa shape index (κ2) is 11.3. The Morgan fingerprint density at radius 2 is 1.77 bits per heavy atom. The fourth-order valence-electron chi connectivity index (χ4n) is 3.93. The second-order valence-electron chi connectivity index (χ2n) is 8.13. The zero-order chi connectivity index (χ0) is 24.6. The normalized spacial score (nSPS) is 14.9. The van der Waals surface area contributed by atoms with E-state index < -0.39 is 0 Å². The molecule has 1 aromatic heterocycles. The molecule has 0 radical (unpaired) electrons. The summed E-state index contributed by atoms with van der Waals surface area (Å²) < 4.78 is 10.4. The average molecular weight is 473 g/mol. The summed E-state index contributed by atoms with van der Waals surface area (Å²) in [6.45, 7) is 0.334. The molecule has 0 unspecified atom stereocenters. The molecule has 180 valence electrons. The molecule has 0 aliphatic carbocycles. The second-order valence-corrected chi connectivity index (χ2v) is 8.13. The van der Waals surface area contributed by atoms with Gasteiger partial charge in [0.15, 0.2) is 0 Å². The Balaban J connectivity index is 1.42. The summed E-state index contributed by atoms with van der Waals surface area (Å²) in [4.78, 5) is 29.7. The third-order valence-corrected chi connectivity index (χ3v) is 5.84. The SMILES string of the molecule is COc1ccc([C@@H]2CC(c3ccccc3)=NN2C(=O)CCC(=O)NCc2ccnc(OC)c2)cc1. The van der Waals surface area contributed by atoms with Crippen LogP contribution in [0.15, 0.2) is 78.0 Å². The van der Waals surface area contributed by atoms with Gasteiger partial charge in [-0.25, -0.2) is 9.99 Å². The number of nitrogens with zero attached hydrogens (tertiary/aromatic N) is 3. The molecule has 1 atom stereocenters. The molecule has 35 heavy (non-hydrogen) atoms. The largest absolute Gasteiger partial charge is 0.497 e. The van der Waals surface area contributed by atoms with Crippen LogP contribution in [0.5, 0.6) is 11.6 Å². The van der Waals surface area contributed by atoms with Crippen molar-refractivity contribution in [3.05, 3.63) is 89.6 Å². The molecule has 0 fully saturated rings. The first-order chi connectivity index (χ1) is 17.1. The van der Waals surface area contributed by atoms with Gasteiger partial charge >= 0.3 is 0 Å². The van der Waals surface area contributed by atoms with Crippen LogP contribution in [-0.2, 0) is 16.1 Å². The van der Waals surface area contributed by atoms with Crippen molar-refractivity contribution in [1.29, 1.82) is 0 Å². The lowest BCUT2D eigenvalue weighted by molar-refractivity contribution is -0.135. The summed E-state index contributed by atoms with van der Waals surface area (Å²) in [5, 5.41) is 9.03. The highest BCUT2D eigenvalue weighted by Crippen LogP contribution is 2.34. The first kappa shape index (κ1) is 23.9. The maximum Gasteiger partial charge on any atom is 0.243 e. The topological polar surface area (TPSA) is 93.1 Å². The van der Waals surface area contributed by atoms with Gasteiger partial charge in [-0.3, -0.25) is 9.59 Å². The number of hydrogen-bond donors (Lipinski definition) is 1. The summed E-state index contributed by atoms with van der Waals surface area (Å²) in [6.07, 6.45) is 2.35. The fraction of sp³-hybridized carbons (Fsp3) is 0.259. The van der Waals surface area contributed by atoms with Gasteiger partial charge in [0.05, 0.1) is 26.0 Å². The van der Waals surface area contributed by atoms with Gasteiger partial charge in [-0.1, -0.05) is 42.5 Å². The van der Waals surface area contributed by atoms with Crippen LogP contribution >= 0.6 is 0 Å². The van der Waals surface area contributed by atoms with Crippen LogP contribution in [0, 0.1) is 0 Å². The van der Waals surface area contributed by atoms with E-state index >= 15 is 0 Å². The molecule has 1 aliphatic heterocycles. The van der Waals surface area contributed by atoms with E-state index in [0.717, 1.165) is 28.2 Å². The number of aromatic nitrogens is 1. The number of hydrazone groups is 1. The van der Waals surface area contributed by atoms with E-state index in [1.54, 1.807) is 32.5 Å². The lowest BCUT2D eigenvalue weighted by Gasteiger charge is -2.22. The van der Waals surface area contributed by atoms with Crippen LogP contribution in [0.4, 0.5) is 0 Å². The van der Waals surface area contributed by atoms with Crippen molar-refractivity contribution in [2.75, 3.05) is 14.2 Å². The van der Waals surface area contributed by atoms with E-state index in [1.807, 2.05) is 54.6 Å². The highest BCUT2D eigenvalue weighted by Gasteiger charge is 2.33. The zero-order valence-corrected chi connectivity index (χ0v) is 19.8. The Hall–Kier alpha value is -4.20. The summed E-state index contributed by atoms with van der Waals surface area (Å²) in [5.41, 5.74) is 3.65. The van der Waals surface area contributed by atoms with Crippen LogP contribution in [0.2, 0.25) is 0 Å². The average Bonchev–Trinajstić information content (AvgIpc) is 3.37. The smallest absolute Gasteiger partial charge is 0.243 e. The van der Waals surface area contributed by atoms with Gasteiger partial charge in [0.1, 0.15) is 5.75 Å². The zero-order valence-electron chi connectivity index (χ0n) is 19.8. The molecule has 2 amide bonds. The van der Waals surface area contributed by atoms with Gasteiger partial charge in [0.25, 0.3) is 0 Å². The number of benzene rings is 2. The molecule has 4 rings (SSSR count). The van der Waals surface area contributed by atoms with Gasteiger partial charge in [-0.2, -0.15) is 5.10 Å². The minimum atomic E-state index is -0.240. The Morgan fingerprint density at radius 1 is 1.00 bits per heavy atom. The molecular formula is C27H28N4O4. The maximum absolute atomic E-state index is 13.2. The number of pyridine rings is 1. The van der Waals surface area contributed by atoms with Crippen LogP contribution in [-0.4, -0.2) is 41.7 Å². The molecule has 0 spiro atoms. The van der Waals surface area contributed by atoms with Crippen molar-refractivity contribution in [2.45, 2.75) is 31.8 Å². The van der Waals surface area contributed by atoms with Gasteiger partial charge in [-0.15, -0.1) is 0 Å². The standard InChI is InChI=1S/C27H28N4O4/c1-34-22-10-8-21(9-11-22)24-17-23(20-6-4-3-5-7-20)30-31(24)27(33)13-12-25(32)29-18-19-14-15-28-26(16-19)35-2/h3-11,14-16,24H,12-13,17-18H2,1-2H3,(H,29,32)/t24-/m0/s1. The van der Waals surface area contributed by atoms with E-state index in [4.69, 9.17) is 9.47 Å². The third-order valence-electron chi connectivity index (χ3n) is 5.84. The fourth-order valence-corrected chi connectivity index (χ4v) is 3.93. The number of rotatable bonds is 9. The molecule has 8 nitrogen and oxygen atoms in total. The van der Waals surface area contributed by atoms with E-state index in [2.05, 4.69) is 15.4 Å². The highest BCUT2D eigenvalue weighted by molar-refractivity contribution is 6.03. The quantitative estimate of drug-likeness (QED) is 0.510. The third kappa shape index (κ3) is 6.03. The summed E-state index contributed by atoms with van der Waals surface area (Å²) in [6, 6.07) is 20.8. The van der Waals surface area contributed by atoms with Crippen molar-refractivity contribution < 1.29 is 19.1 Å². The van der Waals surface area contributed by atoms with E-state index in [9.17, 15) is 9.59 Å².